The lowest BCUT2D eigenvalue weighted by molar-refractivity contribution is 0.405. The van der Waals surface area contributed by atoms with Crippen LogP contribution in [0.2, 0.25) is 0 Å². The number of benzene rings is 2. The van der Waals surface area contributed by atoms with Crippen molar-refractivity contribution in [3.8, 4) is 5.75 Å². The molecule has 2 aromatic rings. The molecule has 0 spiro atoms. The van der Waals surface area contributed by atoms with Gasteiger partial charge in [-0.15, -0.1) is 0 Å². The standard InChI is InChI=1S/C15H16FNOS/c1-10(17)15-11(16)6-5-9-14(15)19-13-8-4-3-7-12(13)18-2/h3-10H,17H2,1-2H3/t10-/m1/s1. The molecule has 0 heterocycles. The van der Waals surface area contributed by atoms with E-state index in [1.165, 1.54) is 17.8 Å². The number of hydrogen-bond acceptors (Lipinski definition) is 3. The Labute approximate surface area is 116 Å². The van der Waals surface area contributed by atoms with Crippen molar-refractivity contribution in [2.45, 2.75) is 22.8 Å². The normalized spacial score (nSPS) is 12.2. The van der Waals surface area contributed by atoms with Crippen LogP contribution in [0.15, 0.2) is 52.3 Å². The highest BCUT2D eigenvalue weighted by molar-refractivity contribution is 7.99. The summed E-state index contributed by atoms with van der Waals surface area (Å²) in [4.78, 5) is 1.76. The van der Waals surface area contributed by atoms with Crippen LogP contribution in [0.4, 0.5) is 4.39 Å². The SMILES string of the molecule is COc1ccccc1Sc1cccc(F)c1[C@@H](C)N. The van der Waals surface area contributed by atoms with Crippen molar-refractivity contribution in [3.05, 3.63) is 53.8 Å². The Kier molecular flexibility index (Phi) is 4.45. The zero-order chi connectivity index (χ0) is 13.8. The molecule has 0 fully saturated rings. The fraction of sp³-hybridized carbons (Fsp3) is 0.200. The highest BCUT2D eigenvalue weighted by Crippen LogP contribution is 2.38. The molecule has 0 saturated heterocycles. The predicted octanol–water partition coefficient (Wildman–Crippen LogP) is 4.01. The van der Waals surface area contributed by atoms with Gasteiger partial charge in [0.05, 0.1) is 12.0 Å². The van der Waals surface area contributed by atoms with Crippen molar-refractivity contribution in [2.75, 3.05) is 7.11 Å². The third kappa shape index (κ3) is 3.08. The molecule has 0 aliphatic heterocycles. The molecule has 2 aromatic carbocycles. The smallest absolute Gasteiger partial charge is 0.132 e. The lowest BCUT2D eigenvalue weighted by atomic mass is 10.1. The van der Waals surface area contributed by atoms with Crippen LogP contribution >= 0.6 is 11.8 Å². The molecule has 0 aliphatic rings. The Balaban J connectivity index is 2.41. The highest BCUT2D eigenvalue weighted by atomic mass is 32.2. The van der Waals surface area contributed by atoms with Gasteiger partial charge >= 0.3 is 0 Å². The third-order valence-corrected chi connectivity index (χ3v) is 3.89. The van der Waals surface area contributed by atoms with Crippen LogP contribution in [0.25, 0.3) is 0 Å². The molecule has 1 atom stereocenters. The van der Waals surface area contributed by atoms with Gasteiger partial charge in [-0.05, 0) is 31.2 Å². The Morgan fingerprint density at radius 2 is 1.79 bits per heavy atom. The topological polar surface area (TPSA) is 35.2 Å². The largest absolute Gasteiger partial charge is 0.496 e. The molecule has 19 heavy (non-hydrogen) atoms. The minimum atomic E-state index is -0.349. The van der Waals surface area contributed by atoms with Crippen molar-refractivity contribution >= 4 is 11.8 Å². The molecule has 0 saturated carbocycles. The van der Waals surface area contributed by atoms with Crippen molar-refractivity contribution in [1.82, 2.24) is 0 Å². The van der Waals surface area contributed by atoms with Crippen molar-refractivity contribution in [1.29, 1.82) is 0 Å². The lowest BCUT2D eigenvalue weighted by Crippen LogP contribution is -2.08. The van der Waals surface area contributed by atoms with Crippen LogP contribution in [0.5, 0.6) is 5.75 Å². The lowest BCUT2D eigenvalue weighted by Gasteiger charge is -2.14. The number of hydrogen-bond donors (Lipinski definition) is 1. The van der Waals surface area contributed by atoms with E-state index in [4.69, 9.17) is 10.5 Å². The second-order valence-electron chi connectivity index (χ2n) is 4.19. The van der Waals surface area contributed by atoms with Gasteiger partial charge in [-0.25, -0.2) is 4.39 Å². The van der Waals surface area contributed by atoms with Crippen molar-refractivity contribution in [3.63, 3.8) is 0 Å². The summed E-state index contributed by atoms with van der Waals surface area (Å²) < 4.78 is 19.2. The molecular weight excluding hydrogens is 261 g/mol. The maximum Gasteiger partial charge on any atom is 0.132 e. The van der Waals surface area contributed by atoms with Gasteiger partial charge < -0.3 is 10.5 Å². The van der Waals surface area contributed by atoms with Crippen molar-refractivity contribution in [2.24, 2.45) is 5.73 Å². The maximum atomic E-state index is 13.9. The molecule has 2 nitrogen and oxygen atoms in total. The minimum absolute atomic E-state index is 0.269. The number of para-hydroxylation sites is 1. The van der Waals surface area contributed by atoms with Crippen LogP contribution in [-0.2, 0) is 0 Å². The van der Waals surface area contributed by atoms with Gasteiger partial charge in [0, 0.05) is 16.5 Å². The number of nitrogens with two attached hydrogens (primary N) is 1. The summed E-state index contributed by atoms with van der Waals surface area (Å²) in [5.41, 5.74) is 6.40. The molecule has 4 heteroatoms. The first-order chi connectivity index (χ1) is 9.13. The Morgan fingerprint density at radius 1 is 1.11 bits per heavy atom. The zero-order valence-electron chi connectivity index (χ0n) is 10.9. The monoisotopic (exact) mass is 277 g/mol. The van der Waals surface area contributed by atoms with Crippen LogP contribution < -0.4 is 10.5 Å². The molecule has 0 radical (unpaired) electrons. The zero-order valence-corrected chi connectivity index (χ0v) is 11.7. The van der Waals surface area contributed by atoms with E-state index in [1.54, 1.807) is 20.1 Å². The molecule has 0 bridgehead atoms. The summed E-state index contributed by atoms with van der Waals surface area (Å²) in [7, 11) is 1.62. The van der Waals surface area contributed by atoms with Gasteiger partial charge in [0.1, 0.15) is 11.6 Å². The van der Waals surface area contributed by atoms with Crippen LogP contribution in [0.1, 0.15) is 18.5 Å². The van der Waals surface area contributed by atoms with E-state index in [0.717, 1.165) is 15.5 Å². The molecule has 0 unspecified atom stereocenters. The van der Waals surface area contributed by atoms with E-state index in [-0.39, 0.29) is 11.9 Å². The Morgan fingerprint density at radius 3 is 2.47 bits per heavy atom. The molecule has 2 N–H and O–H groups in total. The second kappa shape index (κ2) is 6.08. The molecule has 100 valence electrons. The van der Waals surface area contributed by atoms with Crippen LogP contribution in [0.3, 0.4) is 0 Å². The maximum absolute atomic E-state index is 13.9. The Bertz CT molecular complexity index is 572. The van der Waals surface area contributed by atoms with Gasteiger partial charge in [0.2, 0.25) is 0 Å². The van der Waals surface area contributed by atoms with Gasteiger partial charge in [0.15, 0.2) is 0 Å². The summed E-state index contributed by atoms with van der Waals surface area (Å²) in [5, 5.41) is 0. The average molecular weight is 277 g/mol. The number of halogens is 1. The summed E-state index contributed by atoms with van der Waals surface area (Å²) in [6.07, 6.45) is 0. The highest BCUT2D eigenvalue weighted by Gasteiger charge is 2.14. The van der Waals surface area contributed by atoms with Gasteiger partial charge in [-0.3, -0.25) is 0 Å². The third-order valence-electron chi connectivity index (χ3n) is 2.76. The average Bonchev–Trinajstić information content (AvgIpc) is 2.39. The van der Waals surface area contributed by atoms with E-state index < -0.39 is 0 Å². The first-order valence-electron chi connectivity index (χ1n) is 5.98. The number of ether oxygens (including phenoxy) is 1. The fourth-order valence-corrected chi connectivity index (χ4v) is 3.05. The molecule has 2 rings (SSSR count). The summed E-state index contributed by atoms with van der Waals surface area (Å²) in [5.74, 6) is 0.502. The van der Waals surface area contributed by atoms with E-state index in [9.17, 15) is 4.39 Å². The van der Waals surface area contributed by atoms with Crippen LogP contribution in [0, 0.1) is 5.82 Å². The van der Waals surface area contributed by atoms with Gasteiger partial charge in [-0.2, -0.15) is 0 Å². The first kappa shape index (κ1) is 13.9. The van der Waals surface area contributed by atoms with Crippen LogP contribution in [-0.4, -0.2) is 7.11 Å². The van der Waals surface area contributed by atoms with Gasteiger partial charge in [-0.1, -0.05) is 30.0 Å². The van der Waals surface area contributed by atoms with E-state index in [2.05, 4.69) is 0 Å². The van der Waals surface area contributed by atoms with Crippen molar-refractivity contribution < 1.29 is 9.13 Å². The molecule has 0 amide bonds. The molecule has 0 aliphatic carbocycles. The van der Waals surface area contributed by atoms with E-state index in [0.29, 0.717) is 5.56 Å². The predicted molar refractivity (Wildman–Crippen MR) is 76.1 cm³/mol. The summed E-state index contributed by atoms with van der Waals surface area (Å²) in [6.45, 7) is 1.78. The summed E-state index contributed by atoms with van der Waals surface area (Å²) in [6, 6.07) is 12.3. The molecular formula is C15H16FNOS. The summed E-state index contributed by atoms with van der Waals surface area (Å²) >= 11 is 1.46. The number of methoxy groups -OCH3 is 1. The minimum Gasteiger partial charge on any atom is -0.496 e. The second-order valence-corrected chi connectivity index (χ2v) is 5.28. The first-order valence-corrected chi connectivity index (χ1v) is 6.80. The number of rotatable bonds is 4. The quantitative estimate of drug-likeness (QED) is 0.917. The van der Waals surface area contributed by atoms with E-state index >= 15 is 0 Å². The molecule has 0 aromatic heterocycles. The van der Waals surface area contributed by atoms with E-state index in [1.807, 2.05) is 30.3 Å². The fourth-order valence-electron chi connectivity index (χ4n) is 1.87. The van der Waals surface area contributed by atoms with Gasteiger partial charge in [0.25, 0.3) is 0 Å². The Hall–Kier alpha value is -1.52.